The van der Waals surface area contributed by atoms with Gasteiger partial charge in [0, 0.05) is 12.6 Å². The van der Waals surface area contributed by atoms with Gasteiger partial charge >= 0.3 is 5.97 Å². The molecule has 0 aromatic rings. The van der Waals surface area contributed by atoms with E-state index in [-0.39, 0.29) is 18.2 Å². The normalized spacial score (nSPS) is 28.4. The number of carboxylic acid groups (broad SMARTS) is 1. The number of hydrogen-bond acceptors (Lipinski definition) is 3. The number of aliphatic carboxylic acids is 1. The van der Waals surface area contributed by atoms with E-state index >= 15 is 0 Å². The van der Waals surface area contributed by atoms with E-state index in [1.807, 2.05) is 0 Å². The van der Waals surface area contributed by atoms with Crippen LogP contribution in [0.2, 0.25) is 0 Å². The van der Waals surface area contributed by atoms with Gasteiger partial charge < -0.3 is 5.11 Å². The predicted octanol–water partition coefficient (Wildman–Crippen LogP) is -0.505. The monoisotopic (exact) mass is 193 g/mol. The van der Waals surface area contributed by atoms with Crippen LogP contribution in [0.5, 0.6) is 0 Å². The van der Waals surface area contributed by atoms with E-state index in [1.165, 1.54) is 4.31 Å². The van der Waals surface area contributed by atoms with Crippen molar-refractivity contribution in [1.29, 1.82) is 0 Å². The average Bonchev–Trinajstić information content (AvgIpc) is 2.63. The van der Waals surface area contributed by atoms with Crippen LogP contribution in [0.3, 0.4) is 0 Å². The lowest BCUT2D eigenvalue weighted by atomic mass is 10.5. The second-order valence-electron chi connectivity index (χ2n) is 2.88. The van der Waals surface area contributed by atoms with Crippen LogP contribution in [0.25, 0.3) is 0 Å². The highest BCUT2D eigenvalue weighted by atomic mass is 32.2. The zero-order chi connectivity index (χ0) is 9.35. The van der Waals surface area contributed by atoms with Crippen LogP contribution >= 0.6 is 0 Å². The number of sulfonamides is 1. The largest absolute Gasteiger partial charge is 0.481 e. The fraction of sp³-hybridized carbons (Fsp3) is 0.833. The average molecular weight is 193 g/mol. The van der Waals surface area contributed by atoms with Gasteiger partial charge in [-0.05, 0) is 6.92 Å². The van der Waals surface area contributed by atoms with Gasteiger partial charge in [0.1, 0.15) is 0 Å². The van der Waals surface area contributed by atoms with Crippen LogP contribution in [-0.2, 0) is 14.8 Å². The van der Waals surface area contributed by atoms with E-state index in [0.29, 0.717) is 6.54 Å². The Balaban J connectivity index is 2.45. The lowest BCUT2D eigenvalue weighted by Crippen LogP contribution is -2.19. The number of nitrogens with zero attached hydrogens (tertiary/aromatic N) is 1. The molecule has 1 rings (SSSR count). The lowest BCUT2D eigenvalue weighted by molar-refractivity contribution is -0.136. The maximum Gasteiger partial charge on any atom is 0.304 e. The topological polar surface area (TPSA) is 74.5 Å². The van der Waals surface area contributed by atoms with Gasteiger partial charge in [-0.25, -0.2) is 8.42 Å². The van der Waals surface area contributed by atoms with E-state index in [4.69, 9.17) is 5.11 Å². The van der Waals surface area contributed by atoms with Gasteiger partial charge in [0.05, 0.1) is 12.2 Å². The fourth-order valence-corrected chi connectivity index (χ4v) is 2.59. The van der Waals surface area contributed by atoms with Gasteiger partial charge in [0.15, 0.2) is 0 Å². The maximum absolute atomic E-state index is 11.2. The van der Waals surface area contributed by atoms with E-state index in [1.54, 1.807) is 6.92 Å². The van der Waals surface area contributed by atoms with E-state index in [9.17, 15) is 13.2 Å². The van der Waals surface area contributed by atoms with Gasteiger partial charge in [-0.1, -0.05) is 0 Å². The highest BCUT2D eigenvalue weighted by Gasteiger charge is 2.39. The number of rotatable bonds is 4. The first-order valence-electron chi connectivity index (χ1n) is 3.65. The summed E-state index contributed by atoms with van der Waals surface area (Å²) in [5.41, 5.74) is 0. The molecule has 1 aliphatic heterocycles. The first-order chi connectivity index (χ1) is 5.43. The fourth-order valence-electron chi connectivity index (χ4n) is 0.935. The molecule has 70 valence electrons. The number of hydrogen-bond donors (Lipinski definition) is 1. The third kappa shape index (κ3) is 2.18. The Labute approximate surface area is 71.0 Å². The molecule has 0 aromatic carbocycles. The smallest absolute Gasteiger partial charge is 0.304 e. The zero-order valence-electron chi connectivity index (χ0n) is 6.73. The van der Waals surface area contributed by atoms with Gasteiger partial charge in [0.2, 0.25) is 10.0 Å². The molecule has 1 fully saturated rings. The van der Waals surface area contributed by atoms with Crippen LogP contribution in [0.4, 0.5) is 0 Å². The molecule has 0 aliphatic carbocycles. The van der Waals surface area contributed by atoms with Gasteiger partial charge in [-0.3, -0.25) is 4.79 Å². The molecular weight excluding hydrogens is 182 g/mol. The van der Waals surface area contributed by atoms with Crippen LogP contribution in [0.15, 0.2) is 0 Å². The number of carbonyl (C=O) groups is 1. The Morgan fingerprint density at radius 3 is 2.50 bits per heavy atom. The highest BCUT2D eigenvalue weighted by Crippen LogP contribution is 2.22. The Morgan fingerprint density at radius 2 is 2.17 bits per heavy atom. The summed E-state index contributed by atoms with van der Waals surface area (Å²) in [6.45, 7) is 2.32. The molecule has 0 amide bonds. The lowest BCUT2D eigenvalue weighted by Gasteiger charge is -2.01. The molecule has 1 saturated heterocycles. The Morgan fingerprint density at radius 1 is 1.67 bits per heavy atom. The zero-order valence-corrected chi connectivity index (χ0v) is 7.54. The second-order valence-corrected chi connectivity index (χ2v) is 4.92. The van der Waals surface area contributed by atoms with Gasteiger partial charge in [-0.15, -0.1) is 0 Å². The highest BCUT2D eigenvalue weighted by molar-refractivity contribution is 7.89. The quantitative estimate of drug-likeness (QED) is 0.610. The molecule has 0 bridgehead atoms. The summed E-state index contributed by atoms with van der Waals surface area (Å²) >= 11 is 0. The summed E-state index contributed by atoms with van der Waals surface area (Å²) in [5.74, 6) is -1.36. The van der Waals surface area contributed by atoms with Crippen molar-refractivity contribution < 1.29 is 18.3 Å². The van der Waals surface area contributed by atoms with Gasteiger partial charge in [-0.2, -0.15) is 4.31 Å². The van der Waals surface area contributed by atoms with E-state index in [2.05, 4.69) is 0 Å². The minimum atomic E-state index is -3.28. The molecular formula is C6H11NO4S. The Hall–Kier alpha value is -0.620. The van der Waals surface area contributed by atoms with Crippen LogP contribution < -0.4 is 0 Å². The van der Waals surface area contributed by atoms with Crippen LogP contribution in [0, 0.1) is 0 Å². The molecule has 2 atom stereocenters. The Bertz CT molecular complexity index is 284. The summed E-state index contributed by atoms with van der Waals surface area (Å²) < 4.78 is 23.6. The molecule has 5 nitrogen and oxygen atoms in total. The molecule has 1 heterocycles. The Kier molecular flexibility index (Phi) is 2.39. The molecule has 0 radical (unpaired) electrons. The molecule has 1 N–H and O–H groups in total. The summed E-state index contributed by atoms with van der Waals surface area (Å²) in [6, 6.07) is 0.0591. The summed E-state index contributed by atoms with van der Waals surface area (Å²) in [7, 11) is -3.28. The third-order valence-corrected chi connectivity index (χ3v) is 3.68. The second kappa shape index (κ2) is 3.02. The summed E-state index contributed by atoms with van der Waals surface area (Å²) in [4.78, 5) is 10.1. The van der Waals surface area contributed by atoms with Crippen molar-refractivity contribution >= 4 is 16.0 Å². The minimum absolute atomic E-state index is 0.0591. The third-order valence-electron chi connectivity index (χ3n) is 1.73. The van der Waals surface area contributed by atoms with Crippen molar-refractivity contribution in [2.24, 2.45) is 0 Å². The molecule has 12 heavy (non-hydrogen) atoms. The van der Waals surface area contributed by atoms with E-state index < -0.39 is 16.0 Å². The van der Waals surface area contributed by atoms with Crippen LogP contribution in [0.1, 0.15) is 13.3 Å². The predicted molar refractivity (Wildman–Crippen MR) is 42.2 cm³/mol. The molecule has 0 spiro atoms. The molecule has 0 aromatic heterocycles. The van der Waals surface area contributed by atoms with Crippen molar-refractivity contribution in [3.8, 4) is 0 Å². The molecule has 1 aliphatic rings. The van der Waals surface area contributed by atoms with Crippen molar-refractivity contribution in [1.82, 2.24) is 4.31 Å². The standard InChI is InChI=1S/C6H11NO4S/c1-5-4-7(5)12(10,11)3-2-6(8)9/h5H,2-4H2,1H3,(H,8,9)/t5-,7?/m1/s1. The van der Waals surface area contributed by atoms with Crippen molar-refractivity contribution in [2.75, 3.05) is 12.3 Å². The number of carboxylic acids is 1. The first kappa shape index (κ1) is 9.47. The van der Waals surface area contributed by atoms with Crippen molar-refractivity contribution in [3.05, 3.63) is 0 Å². The maximum atomic E-state index is 11.2. The SMILES string of the molecule is C[C@@H]1CN1S(=O)(=O)CCC(=O)O. The summed E-state index contributed by atoms with van der Waals surface area (Å²) in [6.07, 6.45) is -0.314. The molecule has 0 saturated carbocycles. The molecule has 1 unspecified atom stereocenters. The van der Waals surface area contributed by atoms with E-state index in [0.717, 1.165) is 0 Å². The van der Waals surface area contributed by atoms with Crippen LogP contribution in [-0.4, -0.2) is 42.1 Å². The summed E-state index contributed by atoms with van der Waals surface area (Å²) in [5, 5.41) is 8.26. The first-order valence-corrected chi connectivity index (χ1v) is 5.26. The van der Waals surface area contributed by atoms with Crippen molar-refractivity contribution in [3.63, 3.8) is 0 Å². The molecule has 6 heteroatoms. The van der Waals surface area contributed by atoms with Crippen molar-refractivity contribution in [2.45, 2.75) is 19.4 Å². The van der Waals surface area contributed by atoms with Gasteiger partial charge in [0.25, 0.3) is 0 Å². The minimum Gasteiger partial charge on any atom is -0.481 e.